The second-order valence-electron chi connectivity index (χ2n) is 4.95. The highest BCUT2D eigenvalue weighted by Crippen LogP contribution is 2.24. The lowest BCUT2D eigenvalue weighted by atomic mass is 10.2. The van der Waals surface area contributed by atoms with Crippen molar-refractivity contribution < 1.29 is 18.3 Å². The standard InChI is InChI=1S/C15H18N4O4S/c1-11-3-2-4-12(9-11)18-13-5-6-16-10-14(13)24(22,23)19-15(21)17-7-8-20/h2-6,9-10,20H,7-8H2,1H3,(H,16,18)(H2,17,19,21). The number of aryl methyl sites for hydroxylation is 1. The molecule has 9 heteroatoms. The molecular weight excluding hydrogens is 332 g/mol. The summed E-state index contributed by atoms with van der Waals surface area (Å²) in [6.45, 7) is 1.58. The number of carbonyl (C=O) groups excluding carboxylic acids is 1. The van der Waals surface area contributed by atoms with E-state index in [1.807, 2.05) is 29.8 Å². The zero-order valence-electron chi connectivity index (χ0n) is 13.0. The summed E-state index contributed by atoms with van der Waals surface area (Å²) in [5, 5.41) is 13.9. The van der Waals surface area contributed by atoms with Gasteiger partial charge in [0.25, 0.3) is 10.0 Å². The number of sulfonamides is 1. The van der Waals surface area contributed by atoms with Gasteiger partial charge >= 0.3 is 6.03 Å². The van der Waals surface area contributed by atoms with Gasteiger partial charge < -0.3 is 15.7 Å². The number of nitrogens with one attached hydrogen (secondary N) is 3. The largest absolute Gasteiger partial charge is 0.395 e. The summed E-state index contributed by atoms with van der Waals surface area (Å²) in [7, 11) is -4.12. The Hall–Kier alpha value is -2.65. The molecule has 0 spiro atoms. The smallest absolute Gasteiger partial charge is 0.328 e. The molecule has 0 fully saturated rings. The SMILES string of the molecule is Cc1cccc(Nc2ccncc2S(=O)(=O)NC(=O)NCCO)c1. The molecule has 1 heterocycles. The van der Waals surface area contributed by atoms with Crippen LogP contribution in [0.25, 0.3) is 0 Å². The van der Waals surface area contributed by atoms with Crippen LogP contribution in [0.3, 0.4) is 0 Å². The average Bonchev–Trinajstić information content (AvgIpc) is 2.53. The van der Waals surface area contributed by atoms with Crippen molar-refractivity contribution in [1.82, 2.24) is 15.0 Å². The summed E-state index contributed by atoms with van der Waals surface area (Å²) in [6.07, 6.45) is 2.60. The van der Waals surface area contributed by atoms with Crippen molar-refractivity contribution in [2.75, 3.05) is 18.5 Å². The van der Waals surface area contributed by atoms with Crippen molar-refractivity contribution in [3.8, 4) is 0 Å². The highest BCUT2D eigenvalue weighted by atomic mass is 32.2. The van der Waals surface area contributed by atoms with Crippen molar-refractivity contribution in [3.63, 3.8) is 0 Å². The third-order valence-corrected chi connectivity index (χ3v) is 4.35. The Bertz CT molecular complexity index is 824. The second-order valence-corrected chi connectivity index (χ2v) is 6.60. The number of pyridine rings is 1. The molecular formula is C15H18N4O4S. The van der Waals surface area contributed by atoms with Gasteiger partial charge in [-0.05, 0) is 30.7 Å². The van der Waals surface area contributed by atoms with Crippen molar-refractivity contribution in [2.24, 2.45) is 0 Å². The molecule has 2 rings (SSSR count). The number of aromatic nitrogens is 1. The summed E-state index contributed by atoms with van der Waals surface area (Å²) in [5.41, 5.74) is 2.01. The molecule has 2 aromatic rings. The van der Waals surface area contributed by atoms with Crippen LogP contribution < -0.4 is 15.4 Å². The highest BCUT2D eigenvalue weighted by molar-refractivity contribution is 7.90. The Balaban J connectivity index is 2.26. The number of urea groups is 1. The number of hydrogen-bond acceptors (Lipinski definition) is 6. The van der Waals surface area contributed by atoms with E-state index < -0.39 is 16.1 Å². The number of hydrogen-bond donors (Lipinski definition) is 4. The predicted octanol–water partition coefficient (Wildman–Crippen LogP) is 1.11. The Morgan fingerprint density at radius 3 is 2.79 bits per heavy atom. The van der Waals surface area contributed by atoms with Crippen molar-refractivity contribution in [1.29, 1.82) is 0 Å². The van der Waals surface area contributed by atoms with Crippen LogP contribution in [0.15, 0.2) is 47.6 Å². The fraction of sp³-hybridized carbons (Fsp3) is 0.200. The van der Waals surface area contributed by atoms with Gasteiger partial charge in [-0.25, -0.2) is 17.9 Å². The molecule has 0 aliphatic carbocycles. The van der Waals surface area contributed by atoms with Crippen molar-refractivity contribution in [2.45, 2.75) is 11.8 Å². The number of nitrogens with zero attached hydrogens (tertiary/aromatic N) is 1. The zero-order chi connectivity index (χ0) is 17.6. The first-order chi connectivity index (χ1) is 11.4. The number of aliphatic hydroxyl groups is 1. The van der Waals surface area contributed by atoms with Gasteiger partial charge in [0.15, 0.2) is 0 Å². The van der Waals surface area contributed by atoms with Crippen LogP contribution in [-0.4, -0.2) is 37.7 Å². The molecule has 0 atom stereocenters. The van der Waals surface area contributed by atoms with Gasteiger partial charge in [-0.3, -0.25) is 4.98 Å². The fourth-order valence-electron chi connectivity index (χ4n) is 1.96. The zero-order valence-corrected chi connectivity index (χ0v) is 13.8. The van der Waals surface area contributed by atoms with Gasteiger partial charge in [-0.15, -0.1) is 0 Å². The number of aliphatic hydroxyl groups excluding tert-OH is 1. The number of benzene rings is 1. The quantitative estimate of drug-likeness (QED) is 0.619. The molecule has 4 N–H and O–H groups in total. The Kier molecular flexibility index (Phi) is 5.72. The number of rotatable bonds is 6. The maximum absolute atomic E-state index is 12.4. The van der Waals surface area contributed by atoms with Crippen LogP contribution in [0.2, 0.25) is 0 Å². The minimum absolute atomic E-state index is 0.0528. The molecule has 24 heavy (non-hydrogen) atoms. The van der Waals surface area contributed by atoms with E-state index in [2.05, 4.69) is 15.6 Å². The minimum atomic E-state index is -4.12. The van der Waals surface area contributed by atoms with Gasteiger partial charge in [-0.1, -0.05) is 12.1 Å². The number of carbonyl (C=O) groups is 1. The normalized spacial score (nSPS) is 10.9. The van der Waals surface area contributed by atoms with Crippen LogP contribution >= 0.6 is 0 Å². The van der Waals surface area contributed by atoms with Crippen molar-refractivity contribution in [3.05, 3.63) is 48.3 Å². The van der Waals surface area contributed by atoms with E-state index in [4.69, 9.17) is 5.11 Å². The monoisotopic (exact) mass is 350 g/mol. The number of anilines is 2. The van der Waals surface area contributed by atoms with E-state index >= 15 is 0 Å². The van der Waals surface area contributed by atoms with E-state index in [1.54, 1.807) is 6.07 Å². The highest BCUT2D eigenvalue weighted by Gasteiger charge is 2.21. The van der Waals surface area contributed by atoms with Gasteiger partial charge in [0, 0.05) is 24.6 Å². The lowest BCUT2D eigenvalue weighted by Crippen LogP contribution is -2.40. The van der Waals surface area contributed by atoms with E-state index in [0.29, 0.717) is 5.69 Å². The van der Waals surface area contributed by atoms with Crippen LogP contribution in [0, 0.1) is 6.92 Å². The minimum Gasteiger partial charge on any atom is -0.395 e. The van der Waals surface area contributed by atoms with E-state index in [9.17, 15) is 13.2 Å². The molecule has 0 unspecified atom stereocenters. The first-order valence-electron chi connectivity index (χ1n) is 7.11. The van der Waals surface area contributed by atoms with Gasteiger partial charge in [0.05, 0.1) is 12.3 Å². The molecule has 2 amide bonds. The molecule has 1 aromatic carbocycles. The van der Waals surface area contributed by atoms with E-state index in [0.717, 1.165) is 11.8 Å². The Morgan fingerprint density at radius 1 is 1.29 bits per heavy atom. The first kappa shape index (κ1) is 17.7. The summed E-state index contributed by atoms with van der Waals surface area (Å²) in [5.74, 6) is 0. The number of amides is 2. The lowest BCUT2D eigenvalue weighted by molar-refractivity contribution is 0.239. The molecule has 0 saturated carbocycles. The molecule has 128 valence electrons. The Labute approximate surface area is 140 Å². The summed E-state index contributed by atoms with van der Waals surface area (Å²) in [6, 6.07) is 8.00. The van der Waals surface area contributed by atoms with Crippen LogP contribution in [0.1, 0.15) is 5.56 Å². The van der Waals surface area contributed by atoms with Crippen LogP contribution in [0.4, 0.5) is 16.2 Å². The Morgan fingerprint density at radius 2 is 2.08 bits per heavy atom. The molecule has 8 nitrogen and oxygen atoms in total. The summed E-state index contributed by atoms with van der Waals surface area (Å²) in [4.78, 5) is 15.2. The third kappa shape index (κ3) is 4.67. The van der Waals surface area contributed by atoms with Crippen molar-refractivity contribution >= 4 is 27.4 Å². The van der Waals surface area contributed by atoms with Crippen LogP contribution in [0.5, 0.6) is 0 Å². The summed E-state index contributed by atoms with van der Waals surface area (Å²) >= 11 is 0. The molecule has 0 aliphatic heterocycles. The lowest BCUT2D eigenvalue weighted by Gasteiger charge is -2.13. The molecule has 0 radical (unpaired) electrons. The van der Waals surface area contributed by atoms with Gasteiger partial charge in [0.2, 0.25) is 0 Å². The second kappa shape index (κ2) is 7.75. The molecule has 0 saturated heterocycles. The average molecular weight is 350 g/mol. The van der Waals surface area contributed by atoms with Crippen LogP contribution in [-0.2, 0) is 10.0 Å². The molecule has 0 bridgehead atoms. The topological polar surface area (TPSA) is 120 Å². The molecule has 0 aliphatic rings. The fourth-order valence-corrected chi connectivity index (χ4v) is 2.99. The summed E-state index contributed by atoms with van der Waals surface area (Å²) < 4.78 is 26.6. The maximum atomic E-state index is 12.4. The van der Waals surface area contributed by atoms with Gasteiger partial charge in [0.1, 0.15) is 4.90 Å². The first-order valence-corrected chi connectivity index (χ1v) is 8.60. The molecule has 1 aromatic heterocycles. The predicted molar refractivity (Wildman–Crippen MR) is 89.5 cm³/mol. The van der Waals surface area contributed by atoms with Gasteiger partial charge in [-0.2, -0.15) is 0 Å². The maximum Gasteiger partial charge on any atom is 0.328 e. The van der Waals surface area contributed by atoms with E-state index in [-0.39, 0.29) is 23.7 Å². The van der Waals surface area contributed by atoms with E-state index in [1.165, 1.54) is 12.3 Å². The third-order valence-electron chi connectivity index (χ3n) is 3.00.